The van der Waals surface area contributed by atoms with Gasteiger partial charge in [-0.3, -0.25) is 0 Å². The van der Waals surface area contributed by atoms with Crippen molar-refractivity contribution in [1.82, 2.24) is 0 Å². The van der Waals surface area contributed by atoms with E-state index >= 15 is 0 Å². The third-order valence-electron chi connectivity index (χ3n) is 1.77. The fourth-order valence-corrected chi connectivity index (χ4v) is 1.18. The summed E-state index contributed by atoms with van der Waals surface area (Å²) in [7, 11) is 0. The minimum absolute atomic E-state index is 0.480. The van der Waals surface area contributed by atoms with Gasteiger partial charge >= 0.3 is 0 Å². The maximum atomic E-state index is 10.3. The van der Waals surface area contributed by atoms with Gasteiger partial charge in [0.1, 0.15) is 5.70 Å². The molecule has 0 spiro atoms. The van der Waals surface area contributed by atoms with Gasteiger partial charge in [0.25, 0.3) is 0 Å². The number of benzene rings is 1. The van der Waals surface area contributed by atoms with Crippen molar-refractivity contribution in [3.63, 3.8) is 0 Å². The molecule has 12 heavy (non-hydrogen) atoms. The first-order chi connectivity index (χ1) is 5.90. The smallest absolute Gasteiger partial charge is 0.150 e. The number of hydrogen-bond donors (Lipinski definition) is 1. The summed E-state index contributed by atoms with van der Waals surface area (Å²) in [5, 5.41) is 2.95. The highest BCUT2D eigenvalue weighted by molar-refractivity contribution is 5.79. The lowest BCUT2D eigenvalue weighted by Crippen LogP contribution is -2.02. The van der Waals surface area contributed by atoms with Gasteiger partial charge in [-0.05, 0) is 17.7 Å². The van der Waals surface area contributed by atoms with E-state index < -0.39 is 0 Å². The predicted molar refractivity (Wildman–Crippen MR) is 48.3 cm³/mol. The first-order valence-electron chi connectivity index (χ1n) is 3.69. The second-order valence-corrected chi connectivity index (χ2v) is 2.56. The Labute approximate surface area is 70.2 Å². The largest absolute Gasteiger partial charge is 0.346 e. The molecule has 0 unspecified atom stereocenters. The summed E-state index contributed by atoms with van der Waals surface area (Å²) >= 11 is 0. The van der Waals surface area contributed by atoms with Gasteiger partial charge in [0.05, 0.1) is 0 Å². The Bertz CT molecular complexity index is 387. The van der Waals surface area contributed by atoms with Crippen LogP contribution in [0.5, 0.6) is 0 Å². The summed E-state index contributed by atoms with van der Waals surface area (Å²) in [5.74, 6) is 1.81. The van der Waals surface area contributed by atoms with Crippen molar-refractivity contribution in [2.24, 2.45) is 0 Å². The molecule has 0 aliphatic carbocycles. The molecule has 0 saturated carbocycles. The molecule has 0 radical (unpaired) electrons. The number of allylic oxidation sites excluding steroid dienone is 1. The molecule has 2 heteroatoms. The normalized spacial score (nSPS) is 13.2. The van der Waals surface area contributed by atoms with E-state index in [4.69, 9.17) is 0 Å². The van der Waals surface area contributed by atoms with Gasteiger partial charge < -0.3 is 5.32 Å². The summed E-state index contributed by atoms with van der Waals surface area (Å²) in [6, 6.07) is 7.80. The second kappa shape index (κ2) is 2.68. The summed E-state index contributed by atoms with van der Waals surface area (Å²) in [6.45, 7) is 0. The van der Waals surface area contributed by atoms with Crippen LogP contribution in [0.3, 0.4) is 0 Å². The molecule has 1 N–H and O–H groups in total. The number of fused-ring (bicyclic) bond motifs is 1. The SMILES string of the molecule is O=C=C1C=Cc2ccccc2N1. The molecular formula is C10H7NO. The van der Waals surface area contributed by atoms with E-state index in [9.17, 15) is 4.79 Å². The van der Waals surface area contributed by atoms with Crippen LogP contribution in [-0.2, 0) is 4.79 Å². The average Bonchev–Trinajstić information content (AvgIpc) is 2.17. The third-order valence-corrected chi connectivity index (χ3v) is 1.77. The quantitative estimate of drug-likeness (QED) is 0.582. The van der Waals surface area contributed by atoms with Crippen LogP contribution in [0.15, 0.2) is 36.0 Å². The molecule has 0 saturated heterocycles. The van der Waals surface area contributed by atoms with E-state index in [2.05, 4.69) is 5.32 Å². The summed E-state index contributed by atoms with van der Waals surface area (Å²) in [4.78, 5) is 10.3. The first-order valence-corrected chi connectivity index (χ1v) is 3.69. The van der Waals surface area contributed by atoms with Gasteiger partial charge in [-0.25, -0.2) is 4.79 Å². The summed E-state index contributed by atoms with van der Waals surface area (Å²) in [6.07, 6.45) is 3.61. The standard InChI is InChI=1S/C10H7NO/c12-7-9-6-5-8-3-1-2-4-10(8)11-9/h1-6,11H. The van der Waals surface area contributed by atoms with E-state index in [1.54, 1.807) is 6.08 Å². The molecule has 0 amide bonds. The third kappa shape index (κ3) is 1.04. The number of para-hydroxylation sites is 1. The molecule has 0 bridgehead atoms. The average molecular weight is 157 g/mol. The van der Waals surface area contributed by atoms with Crippen molar-refractivity contribution in [2.45, 2.75) is 0 Å². The molecule has 0 fully saturated rings. The van der Waals surface area contributed by atoms with E-state index in [1.807, 2.05) is 36.3 Å². The Kier molecular flexibility index (Phi) is 1.54. The van der Waals surface area contributed by atoms with Gasteiger partial charge in [-0.2, -0.15) is 0 Å². The number of hydrogen-bond acceptors (Lipinski definition) is 2. The highest BCUT2D eigenvalue weighted by Gasteiger charge is 2.04. The fourth-order valence-electron chi connectivity index (χ4n) is 1.18. The minimum Gasteiger partial charge on any atom is -0.346 e. The van der Waals surface area contributed by atoms with Crippen LogP contribution in [-0.4, -0.2) is 5.94 Å². The van der Waals surface area contributed by atoms with Gasteiger partial charge in [-0.1, -0.05) is 24.3 Å². The zero-order chi connectivity index (χ0) is 8.39. The Morgan fingerprint density at radius 3 is 2.83 bits per heavy atom. The Morgan fingerprint density at radius 1 is 1.17 bits per heavy atom. The van der Waals surface area contributed by atoms with Gasteiger partial charge in [0, 0.05) is 5.69 Å². The molecular weight excluding hydrogens is 150 g/mol. The van der Waals surface area contributed by atoms with Gasteiger partial charge in [-0.15, -0.1) is 0 Å². The van der Waals surface area contributed by atoms with Crippen LogP contribution in [0.2, 0.25) is 0 Å². The highest BCUT2D eigenvalue weighted by atomic mass is 16.1. The second-order valence-electron chi connectivity index (χ2n) is 2.56. The zero-order valence-electron chi connectivity index (χ0n) is 6.37. The van der Waals surface area contributed by atoms with Crippen LogP contribution in [0, 0.1) is 0 Å². The lowest BCUT2D eigenvalue weighted by molar-refractivity contribution is 0.568. The predicted octanol–water partition coefficient (Wildman–Crippen LogP) is 1.84. The zero-order valence-corrected chi connectivity index (χ0v) is 6.37. The van der Waals surface area contributed by atoms with Crippen molar-refractivity contribution < 1.29 is 4.79 Å². The molecule has 1 aliphatic rings. The van der Waals surface area contributed by atoms with Crippen LogP contribution >= 0.6 is 0 Å². The topological polar surface area (TPSA) is 29.1 Å². The Hall–Kier alpha value is -1.79. The Morgan fingerprint density at radius 2 is 2.00 bits per heavy atom. The molecule has 1 aromatic carbocycles. The van der Waals surface area contributed by atoms with Crippen LogP contribution in [0.1, 0.15) is 5.56 Å². The highest BCUT2D eigenvalue weighted by Crippen LogP contribution is 2.22. The maximum absolute atomic E-state index is 10.3. The lowest BCUT2D eigenvalue weighted by atomic mass is 10.1. The minimum atomic E-state index is 0.480. The lowest BCUT2D eigenvalue weighted by Gasteiger charge is -2.11. The van der Waals surface area contributed by atoms with Crippen molar-refractivity contribution in [3.8, 4) is 0 Å². The molecule has 2 rings (SSSR count). The first kappa shape index (κ1) is 6.89. The van der Waals surface area contributed by atoms with E-state index in [0.29, 0.717) is 5.70 Å². The van der Waals surface area contributed by atoms with Crippen molar-refractivity contribution in [1.29, 1.82) is 0 Å². The van der Waals surface area contributed by atoms with Crippen molar-refractivity contribution in [2.75, 3.05) is 5.32 Å². The van der Waals surface area contributed by atoms with E-state index in [0.717, 1.165) is 11.3 Å². The molecule has 0 atom stereocenters. The molecule has 0 aromatic heterocycles. The van der Waals surface area contributed by atoms with Gasteiger partial charge in [0.15, 0.2) is 5.94 Å². The fraction of sp³-hybridized carbons (Fsp3) is 0. The number of rotatable bonds is 0. The maximum Gasteiger partial charge on any atom is 0.150 e. The molecule has 58 valence electrons. The van der Waals surface area contributed by atoms with Crippen LogP contribution in [0.25, 0.3) is 6.08 Å². The summed E-state index contributed by atoms with van der Waals surface area (Å²) in [5.41, 5.74) is 2.53. The summed E-state index contributed by atoms with van der Waals surface area (Å²) < 4.78 is 0. The number of nitrogens with one attached hydrogen (secondary N) is 1. The Balaban J connectivity index is 2.52. The van der Waals surface area contributed by atoms with E-state index in [-0.39, 0.29) is 0 Å². The monoisotopic (exact) mass is 157 g/mol. The molecule has 2 nitrogen and oxygen atoms in total. The van der Waals surface area contributed by atoms with Crippen LogP contribution < -0.4 is 5.32 Å². The molecule has 1 aromatic rings. The van der Waals surface area contributed by atoms with Gasteiger partial charge in [0.2, 0.25) is 0 Å². The number of carbonyl (C=O) groups excluding carboxylic acids is 1. The molecule has 1 heterocycles. The molecule has 1 aliphatic heterocycles. The van der Waals surface area contributed by atoms with E-state index in [1.165, 1.54) is 0 Å². The van der Waals surface area contributed by atoms with Crippen molar-refractivity contribution in [3.05, 3.63) is 41.6 Å². The van der Waals surface area contributed by atoms with Crippen molar-refractivity contribution >= 4 is 17.7 Å². The number of anilines is 1. The van der Waals surface area contributed by atoms with Crippen LogP contribution in [0.4, 0.5) is 5.69 Å².